The summed E-state index contributed by atoms with van der Waals surface area (Å²) >= 11 is 12.0. The van der Waals surface area contributed by atoms with Crippen LogP contribution in [-0.4, -0.2) is 24.4 Å². The first-order valence-corrected chi connectivity index (χ1v) is 7.94. The smallest absolute Gasteiger partial charge is 0.238 e. The van der Waals surface area contributed by atoms with Gasteiger partial charge in [0.25, 0.3) is 0 Å². The Balaban J connectivity index is 2.05. The van der Waals surface area contributed by atoms with E-state index in [1.165, 1.54) is 12.1 Å². The summed E-state index contributed by atoms with van der Waals surface area (Å²) in [6.45, 7) is 1.71. The molecule has 0 aliphatic carbocycles. The van der Waals surface area contributed by atoms with E-state index in [0.29, 0.717) is 21.3 Å². The lowest BCUT2D eigenvalue weighted by molar-refractivity contribution is -0.117. The van der Waals surface area contributed by atoms with E-state index >= 15 is 0 Å². The van der Waals surface area contributed by atoms with E-state index in [1.807, 2.05) is 0 Å². The number of rotatable bonds is 5. The van der Waals surface area contributed by atoms with E-state index in [-0.39, 0.29) is 12.5 Å². The number of nitrogens with one attached hydrogen (secondary N) is 1. The molecule has 7 heteroatoms. The fourth-order valence-electron chi connectivity index (χ4n) is 2.24. The van der Waals surface area contributed by atoms with Crippen LogP contribution in [0.2, 0.25) is 10.0 Å². The minimum absolute atomic E-state index is 0.0144. The van der Waals surface area contributed by atoms with Crippen LogP contribution in [0.5, 0.6) is 0 Å². The lowest BCUT2D eigenvalue weighted by atomic mass is 10.1. The molecule has 0 bridgehead atoms. The lowest BCUT2D eigenvalue weighted by Crippen LogP contribution is -2.32. The van der Waals surface area contributed by atoms with Crippen LogP contribution >= 0.6 is 23.2 Å². The molecule has 0 aromatic heterocycles. The monoisotopic (exact) mass is 372 g/mol. The van der Waals surface area contributed by atoms with Crippen LogP contribution in [-0.2, 0) is 4.79 Å². The third-order valence-corrected chi connectivity index (χ3v) is 4.32. The fraction of sp³-hybridized carbons (Fsp3) is 0.235. The maximum atomic E-state index is 13.8. The van der Waals surface area contributed by atoms with Crippen LogP contribution < -0.4 is 5.32 Å². The third-order valence-electron chi connectivity index (χ3n) is 3.69. The molecule has 0 spiro atoms. The molecule has 0 saturated heterocycles. The van der Waals surface area contributed by atoms with Gasteiger partial charge in [0, 0.05) is 17.7 Å². The van der Waals surface area contributed by atoms with Gasteiger partial charge in [-0.1, -0.05) is 35.3 Å². The van der Waals surface area contributed by atoms with Crippen LogP contribution in [0.1, 0.15) is 18.5 Å². The molecule has 1 unspecified atom stereocenters. The van der Waals surface area contributed by atoms with Gasteiger partial charge < -0.3 is 5.32 Å². The number of amides is 1. The SMILES string of the molecule is CC(c1ccc(F)cc1F)N(C)CC(=O)Nc1c(Cl)cccc1Cl. The largest absolute Gasteiger partial charge is 0.322 e. The number of carbonyl (C=O) groups excluding carboxylic acids is 1. The molecule has 1 atom stereocenters. The van der Waals surface area contributed by atoms with Crippen molar-refractivity contribution >= 4 is 34.8 Å². The first-order valence-electron chi connectivity index (χ1n) is 7.18. The summed E-state index contributed by atoms with van der Waals surface area (Å²) < 4.78 is 26.8. The average molecular weight is 373 g/mol. The Morgan fingerprint density at radius 1 is 1.21 bits per heavy atom. The highest BCUT2D eigenvalue weighted by Gasteiger charge is 2.19. The quantitative estimate of drug-likeness (QED) is 0.808. The Labute approximate surface area is 149 Å². The van der Waals surface area contributed by atoms with Gasteiger partial charge in [-0.3, -0.25) is 9.69 Å². The van der Waals surface area contributed by atoms with Gasteiger partial charge in [-0.2, -0.15) is 0 Å². The molecule has 24 heavy (non-hydrogen) atoms. The van der Waals surface area contributed by atoms with Crippen molar-refractivity contribution < 1.29 is 13.6 Å². The molecule has 0 fully saturated rings. The minimum Gasteiger partial charge on any atom is -0.322 e. The number of para-hydroxylation sites is 1. The topological polar surface area (TPSA) is 32.3 Å². The fourth-order valence-corrected chi connectivity index (χ4v) is 2.73. The predicted molar refractivity (Wildman–Crippen MR) is 92.5 cm³/mol. The number of halogens is 4. The standard InChI is InChI=1S/C17H16Cl2F2N2O/c1-10(12-7-6-11(20)8-15(12)21)23(2)9-16(24)22-17-13(18)4-3-5-14(17)19/h3-8,10H,9H2,1-2H3,(H,22,24). The van der Waals surface area contributed by atoms with Gasteiger partial charge in [-0.25, -0.2) is 8.78 Å². The zero-order valence-corrected chi connectivity index (χ0v) is 14.6. The first-order chi connectivity index (χ1) is 11.3. The molecule has 128 valence electrons. The average Bonchev–Trinajstić information content (AvgIpc) is 2.50. The summed E-state index contributed by atoms with van der Waals surface area (Å²) in [7, 11) is 1.67. The molecular weight excluding hydrogens is 357 g/mol. The first kappa shape index (κ1) is 18.6. The molecule has 0 radical (unpaired) electrons. The number of anilines is 1. The highest BCUT2D eigenvalue weighted by Crippen LogP contribution is 2.30. The Hall–Kier alpha value is -1.69. The van der Waals surface area contributed by atoms with E-state index in [9.17, 15) is 13.6 Å². The van der Waals surface area contributed by atoms with E-state index in [4.69, 9.17) is 23.2 Å². The lowest BCUT2D eigenvalue weighted by Gasteiger charge is -2.25. The second-order valence-electron chi connectivity index (χ2n) is 5.40. The normalized spacial score (nSPS) is 12.3. The summed E-state index contributed by atoms with van der Waals surface area (Å²) in [5, 5.41) is 3.30. The number of hydrogen-bond acceptors (Lipinski definition) is 2. The number of likely N-dealkylation sites (N-methyl/N-ethyl adjacent to an activating group) is 1. The summed E-state index contributed by atoms with van der Waals surface area (Å²) in [6, 6.07) is 7.86. The van der Waals surface area contributed by atoms with Gasteiger partial charge in [-0.15, -0.1) is 0 Å². The number of benzene rings is 2. The third kappa shape index (κ3) is 4.44. The highest BCUT2D eigenvalue weighted by atomic mass is 35.5. The molecular formula is C17H16Cl2F2N2O. The van der Waals surface area contributed by atoms with Crippen molar-refractivity contribution in [2.75, 3.05) is 18.9 Å². The Morgan fingerprint density at radius 2 is 1.83 bits per heavy atom. The highest BCUT2D eigenvalue weighted by molar-refractivity contribution is 6.39. The molecule has 0 aliphatic heterocycles. The van der Waals surface area contributed by atoms with Crippen molar-refractivity contribution in [3.63, 3.8) is 0 Å². The molecule has 0 aliphatic rings. The summed E-state index contributed by atoms with van der Waals surface area (Å²) in [4.78, 5) is 13.8. The van der Waals surface area contributed by atoms with Gasteiger partial charge in [-0.05, 0) is 32.2 Å². The van der Waals surface area contributed by atoms with E-state index < -0.39 is 17.7 Å². The van der Waals surface area contributed by atoms with Crippen LogP contribution in [0.25, 0.3) is 0 Å². The minimum atomic E-state index is -0.649. The molecule has 2 aromatic carbocycles. The molecule has 3 nitrogen and oxygen atoms in total. The summed E-state index contributed by atoms with van der Waals surface area (Å²) in [5.74, 6) is -1.64. The van der Waals surface area contributed by atoms with Crippen molar-refractivity contribution in [3.05, 3.63) is 63.6 Å². The van der Waals surface area contributed by atoms with Crippen molar-refractivity contribution in [1.29, 1.82) is 0 Å². The maximum absolute atomic E-state index is 13.8. The van der Waals surface area contributed by atoms with Crippen molar-refractivity contribution in [2.24, 2.45) is 0 Å². The van der Waals surface area contributed by atoms with E-state index in [1.54, 1.807) is 37.1 Å². The summed E-state index contributed by atoms with van der Waals surface area (Å²) in [5.41, 5.74) is 0.641. The molecule has 1 amide bonds. The molecule has 0 saturated carbocycles. The van der Waals surface area contributed by atoms with Crippen molar-refractivity contribution in [2.45, 2.75) is 13.0 Å². The van der Waals surface area contributed by atoms with Crippen LogP contribution in [0.15, 0.2) is 36.4 Å². The predicted octanol–water partition coefficient (Wildman–Crippen LogP) is 4.90. The van der Waals surface area contributed by atoms with Gasteiger partial charge in [0.1, 0.15) is 11.6 Å². The molecule has 2 aromatic rings. The summed E-state index contributed by atoms with van der Waals surface area (Å²) in [6.07, 6.45) is 0. The molecule has 2 rings (SSSR count). The van der Waals surface area contributed by atoms with E-state index in [0.717, 1.165) is 6.07 Å². The Morgan fingerprint density at radius 3 is 2.42 bits per heavy atom. The van der Waals surface area contributed by atoms with Crippen LogP contribution in [0.3, 0.4) is 0 Å². The zero-order chi connectivity index (χ0) is 17.9. The second-order valence-corrected chi connectivity index (χ2v) is 6.22. The van der Waals surface area contributed by atoms with Crippen LogP contribution in [0.4, 0.5) is 14.5 Å². The van der Waals surface area contributed by atoms with Crippen molar-refractivity contribution in [1.82, 2.24) is 4.90 Å². The second kappa shape index (κ2) is 7.92. The number of carbonyl (C=O) groups is 1. The molecule has 1 N–H and O–H groups in total. The van der Waals surface area contributed by atoms with Gasteiger partial charge in [0.05, 0.1) is 22.3 Å². The zero-order valence-electron chi connectivity index (χ0n) is 13.1. The molecule has 0 heterocycles. The number of hydrogen-bond donors (Lipinski definition) is 1. The Kier molecular flexibility index (Phi) is 6.15. The van der Waals surface area contributed by atoms with Gasteiger partial charge >= 0.3 is 0 Å². The van der Waals surface area contributed by atoms with Gasteiger partial charge in [0.2, 0.25) is 5.91 Å². The van der Waals surface area contributed by atoms with Gasteiger partial charge in [0.15, 0.2) is 0 Å². The van der Waals surface area contributed by atoms with Crippen molar-refractivity contribution in [3.8, 4) is 0 Å². The van der Waals surface area contributed by atoms with Crippen LogP contribution in [0, 0.1) is 11.6 Å². The Bertz CT molecular complexity index is 735. The number of nitrogens with zero attached hydrogens (tertiary/aromatic N) is 1. The maximum Gasteiger partial charge on any atom is 0.238 e. The van der Waals surface area contributed by atoms with E-state index in [2.05, 4.69) is 5.32 Å².